The van der Waals surface area contributed by atoms with Gasteiger partial charge in [-0.3, -0.25) is 9.78 Å². The van der Waals surface area contributed by atoms with Crippen LogP contribution in [0.2, 0.25) is 0 Å². The molecule has 4 heteroatoms. The molecule has 0 aliphatic heterocycles. The summed E-state index contributed by atoms with van der Waals surface area (Å²) >= 11 is 0. The van der Waals surface area contributed by atoms with Gasteiger partial charge in [0, 0.05) is 36.6 Å². The van der Waals surface area contributed by atoms with Crippen molar-refractivity contribution >= 4 is 11.6 Å². The highest BCUT2D eigenvalue weighted by Crippen LogP contribution is 2.48. The minimum atomic E-state index is -0.0571. The molecular weight excluding hydrogens is 382 g/mol. The van der Waals surface area contributed by atoms with Gasteiger partial charge in [-0.2, -0.15) is 0 Å². The van der Waals surface area contributed by atoms with Crippen molar-refractivity contribution < 1.29 is 4.79 Å². The number of carbonyl (C=O) groups is 1. The van der Waals surface area contributed by atoms with Gasteiger partial charge in [0.2, 0.25) is 5.91 Å². The molecule has 1 aliphatic rings. The molecule has 1 aliphatic carbocycles. The maximum atomic E-state index is 13.5. The molecular formula is C27H31N3O. The first kappa shape index (κ1) is 21.3. The second-order valence-electron chi connectivity index (χ2n) is 8.65. The van der Waals surface area contributed by atoms with Gasteiger partial charge in [-0.1, -0.05) is 68.8 Å². The second-order valence-corrected chi connectivity index (χ2v) is 8.65. The molecule has 1 aromatic heterocycles. The summed E-state index contributed by atoms with van der Waals surface area (Å²) in [6.07, 6.45) is 5.52. The van der Waals surface area contributed by atoms with Gasteiger partial charge in [0.1, 0.15) is 0 Å². The Balaban J connectivity index is 1.56. The number of nitrogens with zero attached hydrogens (tertiary/aromatic N) is 2. The summed E-state index contributed by atoms with van der Waals surface area (Å²) in [4.78, 5) is 19.7. The van der Waals surface area contributed by atoms with Crippen molar-refractivity contribution in [3.8, 4) is 11.1 Å². The third kappa shape index (κ3) is 4.86. The van der Waals surface area contributed by atoms with E-state index < -0.39 is 0 Å². The number of aromatic nitrogens is 1. The predicted octanol–water partition coefficient (Wildman–Crippen LogP) is 5.26. The van der Waals surface area contributed by atoms with E-state index >= 15 is 0 Å². The Morgan fingerprint density at radius 2 is 1.77 bits per heavy atom. The molecule has 2 aromatic carbocycles. The number of carbonyl (C=O) groups excluding carboxylic acids is 1. The summed E-state index contributed by atoms with van der Waals surface area (Å²) in [7, 11) is 0. The summed E-state index contributed by atoms with van der Waals surface area (Å²) in [6, 6.07) is 22.5. The van der Waals surface area contributed by atoms with Crippen molar-refractivity contribution in [2.45, 2.75) is 38.6 Å². The zero-order valence-corrected chi connectivity index (χ0v) is 18.3. The molecule has 0 spiro atoms. The molecule has 1 fully saturated rings. The summed E-state index contributed by atoms with van der Waals surface area (Å²) in [5.41, 5.74) is 10.9. The zero-order valence-electron chi connectivity index (χ0n) is 18.3. The van der Waals surface area contributed by atoms with E-state index in [1.807, 2.05) is 47.5 Å². The summed E-state index contributed by atoms with van der Waals surface area (Å²) in [5.74, 6) is 0.779. The maximum Gasteiger partial charge on any atom is 0.230 e. The van der Waals surface area contributed by atoms with Crippen molar-refractivity contribution in [3.63, 3.8) is 0 Å². The third-order valence-electron chi connectivity index (χ3n) is 6.54. The molecule has 0 radical (unpaired) electrons. The number of pyridine rings is 1. The van der Waals surface area contributed by atoms with E-state index in [-0.39, 0.29) is 23.8 Å². The van der Waals surface area contributed by atoms with E-state index in [1.165, 1.54) is 5.56 Å². The first-order chi connectivity index (χ1) is 15.1. The van der Waals surface area contributed by atoms with Crippen molar-refractivity contribution in [3.05, 3.63) is 84.7 Å². The zero-order chi connectivity index (χ0) is 21.8. The molecule has 1 amide bonds. The molecule has 0 bridgehead atoms. The van der Waals surface area contributed by atoms with Crippen molar-refractivity contribution in [2.24, 2.45) is 17.6 Å². The molecule has 4 rings (SSSR count). The Labute approximate surface area is 185 Å². The summed E-state index contributed by atoms with van der Waals surface area (Å²) in [5, 5.41) is 0. The number of hydrogen-bond donors (Lipinski definition) is 1. The van der Waals surface area contributed by atoms with Gasteiger partial charge in [-0.15, -0.1) is 0 Å². The normalized spacial score (nSPS) is 19.5. The standard InChI is InChI=1S/C27H31N3O/c1-3-19(2)26(28)18-30(27(31)25-16-24(25)22-10-7-15-29-17-22)23-13-11-21(12-14-23)20-8-5-4-6-9-20/h4-15,17,19,24-26H,3,16,18,28H2,1-2H3/t19-,24-,25+,26+/m0/s1. The molecule has 1 heterocycles. The Bertz CT molecular complexity index is 988. The summed E-state index contributed by atoms with van der Waals surface area (Å²) < 4.78 is 0. The molecule has 1 saturated carbocycles. The van der Waals surface area contributed by atoms with E-state index in [1.54, 1.807) is 6.20 Å². The SMILES string of the molecule is CC[C@H](C)[C@H](N)CN(C(=O)[C@@H]1C[C@H]1c1cccnc1)c1ccc(-c2ccccc2)cc1. The van der Waals surface area contributed by atoms with Crippen LogP contribution in [0.25, 0.3) is 11.1 Å². The lowest BCUT2D eigenvalue weighted by Crippen LogP contribution is -2.45. The van der Waals surface area contributed by atoms with E-state index in [0.717, 1.165) is 29.7 Å². The Morgan fingerprint density at radius 1 is 1.06 bits per heavy atom. The molecule has 3 aromatic rings. The number of rotatable bonds is 8. The Morgan fingerprint density at radius 3 is 2.42 bits per heavy atom. The highest BCUT2D eigenvalue weighted by molar-refractivity contribution is 5.97. The van der Waals surface area contributed by atoms with Gasteiger partial charge in [-0.05, 0) is 53.1 Å². The number of anilines is 1. The van der Waals surface area contributed by atoms with Gasteiger partial charge >= 0.3 is 0 Å². The molecule has 31 heavy (non-hydrogen) atoms. The van der Waals surface area contributed by atoms with Crippen LogP contribution in [0.1, 0.15) is 38.2 Å². The fourth-order valence-electron chi connectivity index (χ4n) is 4.11. The maximum absolute atomic E-state index is 13.5. The van der Waals surface area contributed by atoms with E-state index in [9.17, 15) is 4.79 Å². The van der Waals surface area contributed by atoms with Crippen LogP contribution in [-0.4, -0.2) is 23.5 Å². The molecule has 4 nitrogen and oxygen atoms in total. The van der Waals surface area contributed by atoms with Crippen LogP contribution in [0.5, 0.6) is 0 Å². The smallest absolute Gasteiger partial charge is 0.230 e. The van der Waals surface area contributed by atoms with Crippen LogP contribution >= 0.6 is 0 Å². The topological polar surface area (TPSA) is 59.2 Å². The molecule has 160 valence electrons. The van der Waals surface area contributed by atoms with Crippen LogP contribution < -0.4 is 10.6 Å². The van der Waals surface area contributed by atoms with Crippen LogP contribution in [0, 0.1) is 11.8 Å². The fourth-order valence-corrected chi connectivity index (χ4v) is 4.11. The molecule has 4 atom stereocenters. The van der Waals surface area contributed by atoms with Crippen LogP contribution in [0.3, 0.4) is 0 Å². The molecule has 0 unspecified atom stereocenters. The minimum Gasteiger partial charge on any atom is -0.326 e. The lowest BCUT2D eigenvalue weighted by Gasteiger charge is -2.29. The molecule has 2 N–H and O–H groups in total. The van der Waals surface area contributed by atoms with E-state index in [0.29, 0.717) is 12.5 Å². The number of nitrogens with two attached hydrogens (primary N) is 1. The molecule has 0 saturated heterocycles. The van der Waals surface area contributed by atoms with Crippen molar-refractivity contribution in [1.82, 2.24) is 4.98 Å². The summed E-state index contributed by atoms with van der Waals surface area (Å²) in [6.45, 7) is 4.83. The van der Waals surface area contributed by atoms with Gasteiger partial charge in [0.05, 0.1) is 0 Å². The first-order valence-electron chi connectivity index (χ1n) is 11.2. The van der Waals surface area contributed by atoms with Crippen LogP contribution in [-0.2, 0) is 4.79 Å². The highest BCUT2D eigenvalue weighted by Gasteiger charge is 2.46. The number of amides is 1. The second kappa shape index (κ2) is 9.44. The number of hydrogen-bond acceptors (Lipinski definition) is 3. The number of benzene rings is 2. The highest BCUT2D eigenvalue weighted by atomic mass is 16.2. The van der Waals surface area contributed by atoms with Gasteiger partial charge in [0.15, 0.2) is 0 Å². The lowest BCUT2D eigenvalue weighted by molar-refractivity contribution is -0.120. The lowest BCUT2D eigenvalue weighted by atomic mass is 9.98. The van der Waals surface area contributed by atoms with Gasteiger partial charge in [-0.25, -0.2) is 0 Å². The predicted molar refractivity (Wildman–Crippen MR) is 127 cm³/mol. The first-order valence-corrected chi connectivity index (χ1v) is 11.2. The van der Waals surface area contributed by atoms with Gasteiger partial charge in [0.25, 0.3) is 0 Å². The van der Waals surface area contributed by atoms with E-state index in [4.69, 9.17) is 5.73 Å². The third-order valence-corrected chi connectivity index (χ3v) is 6.54. The van der Waals surface area contributed by atoms with Crippen molar-refractivity contribution in [1.29, 1.82) is 0 Å². The van der Waals surface area contributed by atoms with Crippen LogP contribution in [0.15, 0.2) is 79.1 Å². The average molecular weight is 414 g/mol. The minimum absolute atomic E-state index is 0.00197. The van der Waals surface area contributed by atoms with Crippen LogP contribution in [0.4, 0.5) is 5.69 Å². The average Bonchev–Trinajstić information content (AvgIpc) is 3.64. The largest absolute Gasteiger partial charge is 0.326 e. The Kier molecular flexibility index (Phi) is 6.47. The monoisotopic (exact) mass is 413 g/mol. The quantitative estimate of drug-likeness (QED) is 0.548. The Hall–Kier alpha value is -2.98. The van der Waals surface area contributed by atoms with E-state index in [2.05, 4.69) is 49.2 Å². The fraction of sp³-hybridized carbons (Fsp3) is 0.333. The van der Waals surface area contributed by atoms with Crippen molar-refractivity contribution in [2.75, 3.05) is 11.4 Å². The van der Waals surface area contributed by atoms with Gasteiger partial charge < -0.3 is 10.6 Å².